The van der Waals surface area contributed by atoms with E-state index in [0.29, 0.717) is 11.5 Å². The minimum absolute atomic E-state index is 0.0765. The lowest BCUT2D eigenvalue weighted by Crippen LogP contribution is -2.14. The van der Waals surface area contributed by atoms with Gasteiger partial charge in [0.1, 0.15) is 17.0 Å². The van der Waals surface area contributed by atoms with Gasteiger partial charge in [-0.05, 0) is 24.3 Å². The lowest BCUT2D eigenvalue weighted by Gasteiger charge is -2.11. The zero-order valence-electron chi connectivity index (χ0n) is 12.2. The highest BCUT2D eigenvalue weighted by Gasteiger charge is 2.19. The van der Waals surface area contributed by atoms with Crippen LogP contribution in [0.5, 0.6) is 5.75 Å². The van der Waals surface area contributed by atoms with Crippen molar-refractivity contribution in [1.29, 1.82) is 0 Å². The summed E-state index contributed by atoms with van der Waals surface area (Å²) in [4.78, 5) is 4.12. The van der Waals surface area contributed by atoms with Crippen LogP contribution in [0.15, 0.2) is 59.8 Å². The standard InChI is InChI=1S/C15H14N4O3S/c1-22-13-7-2-3-8-14(13)23(20,21)19-12-6-4-5-11(9-12)15-16-10-17-18-15/h2-10,19H,1H3,(H,16,17,18). The molecule has 0 saturated heterocycles. The van der Waals surface area contributed by atoms with Crippen molar-refractivity contribution in [2.45, 2.75) is 4.90 Å². The van der Waals surface area contributed by atoms with Gasteiger partial charge in [-0.15, -0.1) is 0 Å². The molecule has 0 atom stereocenters. The maximum absolute atomic E-state index is 12.6. The van der Waals surface area contributed by atoms with Crippen LogP contribution in [0.2, 0.25) is 0 Å². The minimum Gasteiger partial charge on any atom is -0.495 e. The molecule has 3 rings (SSSR count). The fraction of sp³-hybridized carbons (Fsp3) is 0.0667. The Morgan fingerprint density at radius 1 is 1.13 bits per heavy atom. The Morgan fingerprint density at radius 3 is 2.70 bits per heavy atom. The molecular formula is C15H14N4O3S. The average molecular weight is 330 g/mol. The number of aromatic nitrogens is 3. The second-order valence-corrected chi connectivity index (χ2v) is 6.32. The van der Waals surface area contributed by atoms with Crippen molar-refractivity contribution in [1.82, 2.24) is 15.2 Å². The van der Waals surface area contributed by atoms with Crippen molar-refractivity contribution >= 4 is 15.7 Å². The van der Waals surface area contributed by atoms with Gasteiger partial charge in [0.2, 0.25) is 0 Å². The van der Waals surface area contributed by atoms with Gasteiger partial charge in [-0.2, -0.15) is 5.10 Å². The van der Waals surface area contributed by atoms with Gasteiger partial charge in [-0.3, -0.25) is 9.82 Å². The Bertz CT molecular complexity index is 908. The number of rotatable bonds is 5. The molecular weight excluding hydrogens is 316 g/mol. The molecule has 0 bridgehead atoms. The number of aromatic amines is 1. The summed E-state index contributed by atoms with van der Waals surface area (Å²) in [6, 6.07) is 13.3. The van der Waals surface area contributed by atoms with E-state index in [1.54, 1.807) is 42.5 Å². The van der Waals surface area contributed by atoms with Crippen molar-refractivity contribution in [2.75, 3.05) is 11.8 Å². The van der Waals surface area contributed by atoms with Crippen LogP contribution in [-0.4, -0.2) is 30.7 Å². The first-order valence-corrected chi connectivity index (χ1v) is 8.20. The molecule has 0 amide bonds. The lowest BCUT2D eigenvalue weighted by molar-refractivity contribution is 0.403. The van der Waals surface area contributed by atoms with Crippen LogP contribution in [0.3, 0.4) is 0 Å². The second kappa shape index (κ2) is 6.09. The van der Waals surface area contributed by atoms with Crippen LogP contribution in [-0.2, 0) is 10.0 Å². The van der Waals surface area contributed by atoms with Crippen molar-refractivity contribution in [3.05, 3.63) is 54.9 Å². The Balaban J connectivity index is 1.94. The van der Waals surface area contributed by atoms with Gasteiger partial charge in [-0.1, -0.05) is 24.3 Å². The summed E-state index contributed by atoms with van der Waals surface area (Å²) in [6.07, 6.45) is 1.39. The van der Waals surface area contributed by atoms with Crippen LogP contribution in [0.1, 0.15) is 0 Å². The van der Waals surface area contributed by atoms with Gasteiger partial charge in [-0.25, -0.2) is 13.4 Å². The van der Waals surface area contributed by atoms with Gasteiger partial charge in [0.15, 0.2) is 5.82 Å². The summed E-state index contributed by atoms with van der Waals surface area (Å²) in [5.74, 6) is 0.842. The second-order valence-electron chi connectivity index (χ2n) is 4.67. The molecule has 1 aromatic heterocycles. The number of benzene rings is 2. The van der Waals surface area contributed by atoms with E-state index < -0.39 is 10.0 Å². The van der Waals surface area contributed by atoms with E-state index in [1.165, 1.54) is 19.5 Å². The van der Waals surface area contributed by atoms with E-state index in [9.17, 15) is 8.42 Å². The third kappa shape index (κ3) is 3.16. The number of nitrogens with zero attached hydrogens (tertiary/aromatic N) is 2. The molecule has 0 aliphatic carbocycles. The van der Waals surface area contributed by atoms with Crippen LogP contribution in [0.25, 0.3) is 11.4 Å². The minimum atomic E-state index is -3.76. The maximum Gasteiger partial charge on any atom is 0.265 e. The Hall–Kier alpha value is -2.87. The van der Waals surface area contributed by atoms with E-state index >= 15 is 0 Å². The van der Waals surface area contributed by atoms with Crippen LogP contribution < -0.4 is 9.46 Å². The van der Waals surface area contributed by atoms with Crippen LogP contribution in [0, 0.1) is 0 Å². The van der Waals surface area contributed by atoms with Crippen molar-refractivity contribution < 1.29 is 13.2 Å². The first-order chi connectivity index (χ1) is 11.1. The Morgan fingerprint density at radius 2 is 1.96 bits per heavy atom. The van der Waals surface area contributed by atoms with E-state index in [0.717, 1.165) is 5.56 Å². The first-order valence-electron chi connectivity index (χ1n) is 6.72. The smallest absolute Gasteiger partial charge is 0.265 e. The fourth-order valence-corrected chi connectivity index (χ4v) is 3.35. The summed E-state index contributed by atoms with van der Waals surface area (Å²) in [5, 5.41) is 6.52. The number of ether oxygens (including phenoxy) is 1. The van der Waals surface area contributed by atoms with Crippen molar-refractivity contribution in [2.24, 2.45) is 0 Å². The SMILES string of the molecule is COc1ccccc1S(=O)(=O)Nc1cccc(-c2ncn[nH]2)c1. The first kappa shape index (κ1) is 15.0. The number of nitrogens with one attached hydrogen (secondary N) is 2. The summed E-state index contributed by atoms with van der Waals surface area (Å²) in [6.45, 7) is 0. The molecule has 0 saturated carbocycles. The van der Waals surface area contributed by atoms with Gasteiger partial charge in [0.05, 0.1) is 7.11 Å². The number of hydrogen-bond donors (Lipinski definition) is 2. The topological polar surface area (TPSA) is 97.0 Å². The molecule has 0 unspecified atom stereocenters. The molecule has 0 radical (unpaired) electrons. The number of H-pyrrole nitrogens is 1. The van der Waals surface area contributed by atoms with E-state index in [2.05, 4.69) is 19.9 Å². The molecule has 7 nitrogen and oxygen atoms in total. The summed E-state index contributed by atoms with van der Waals surface area (Å²) in [7, 11) is -2.33. The molecule has 0 aliphatic heterocycles. The third-order valence-corrected chi connectivity index (χ3v) is 4.58. The number of anilines is 1. The zero-order valence-corrected chi connectivity index (χ0v) is 13.0. The van der Waals surface area contributed by atoms with Gasteiger partial charge in [0.25, 0.3) is 10.0 Å². The number of hydrogen-bond acceptors (Lipinski definition) is 5. The normalized spacial score (nSPS) is 11.2. The molecule has 1 heterocycles. The summed E-state index contributed by atoms with van der Waals surface area (Å²) < 4.78 is 32.8. The molecule has 0 aliphatic rings. The molecule has 23 heavy (non-hydrogen) atoms. The zero-order chi connectivity index (χ0) is 16.3. The van der Waals surface area contributed by atoms with Crippen LogP contribution in [0.4, 0.5) is 5.69 Å². The van der Waals surface area contributed by atoms with Gasteiger partial charge < -0.3 is 4.74 Å². The number of para-hydroxylation sites is 1. The monoisotopic (exact) mass is 330 g/mol. The van der Waals surface area contributed by atoms with E-state index in [-0.39, 0.29) is 10.6 Å². The molecule has 3 aromatic rings. The molecule has 8 heteroatoms. The highest BCUT2D eigenvalue weighted by molar-refractivity contribution is 7.92. The molecule has 2 N–H and O–H groups in total. The van der Waals surface area contributed by atoms with Crippen molar-refractivity contribution in [3.63, 3.8) is 0 Å². The largest absolute Gasteiger partial charge is 0.495 e. The molecule has 118 valence electrons. The highest BCUT2D eigenvalue weighted by Crippen LogP contribution is 2.26. The Labute approximate surface area is 133 Å². The Kier molecular flexibility index (Phi) is 3.98. The predicted molar refractivity (Wildman–Crippen MR) is 85.6 cm³/mol. The highest BCUT2D eigenvalue weighted by atomic mass is 32.2. The lowest BCUT2D eigenvalue weighted by atomic mass is 10.2. The van der Waals surface area contributed by atoms with E-state index in [4.69, 9.17) is 4.74 Å². The van der Waals surface area contributed by atoms with E-state index in [1.807, 2.05) is 0 Å². The number of methoxy groups -OCH3 is 1. The van der Waals surface area contributed by atoms with Crippen molar-refractivity contribution in [3.8, 4) is 17.1 Å². The average Bonchev–Trinajstić information content (AvgIpc) is 3.09. The quantitative estimate of drug-likeness (QED) is 0.748. The van der Waals surface area contributed by atoms with Gasteiger partial charge in [0, 0.05) is 11.3 Å². The van der Waals surface area contributed by atoms with Gasteiger partial charge >= 0.3 is 0 Å². The third-order valence-electron chi connectivity index (χ3n) is 3.16. The summed E-state index contributed by atoms with van der Waals surface area (Å²) >= 11 is 0. The van der Waals surface area contributed by atoms with Crippen LogP contribution >= 0.6 is 0 Å². The number of sulfonamides is 1. The fourth-order valence-electron chi connectivity index (χ4n) is 2.13. The summed E-state index contributed by atoms with van der Waals surface area (Å²) in [5.41, 5.74) is 1.15. The molecule has 0 fully saturated rings. The predicted octanol–water partition coefficient (Wildman–Crippen LogP) is 2.28. The molecule has 0 spiro atoms. The molecule has 2 aromatic carbocycles. The maximum atomic E-state index is 12.6.